The van der Waals surface area contributed by atoms with Gasteiger partial charge in [0.25, 0.3) is 0 Å². The molecule has 0 aliphatic heterocycles. The first kappa shape index (κ1) is 37.0. The zero-order valence-electron chi connectivity index (χ0n) is 35.4. The molecule has 0 amide bonds. The number of hydrogen-bond acceptors (Lipinski definition) is 4. The summed E-state index contributed by atoms with van der Waals surface area (Å²) in [4.78, 5) is 10.9. The molecule has 0 radical (unpaired) electrons. The van der Waals surface area contributed by atoms with Crippen molar-refractivity contribution in [3.63, 3.8) is 0 Å². The molecule has 304 valence electrons. The van der Waals surface area contributed by atoms with Crippen molar-refractivity contribution in [2.75, 3.05) is 0 Å². The van der Waals surface area contributed by atoms with Crippen LogP contribution in [0.15, 0.2) is 193 Å². The fraction of sp³-hybridized carbons (Fsp3) is 0.0847. The van der Waals surface area contributed by atoms with Gasteiger partial charge in [0.05, 0.1) is 22.2 Å². The van der Waals surface area contributed by atoms with Gasteiger partial charge in [-0.1, -0.05) is 159 Å². The monoisotopic (exact) mass is 839 g/mol. The van der Waals surface area contributed by atoms with Crippen molar-refractivity contribution < 1.29 is 4.42 Å². The van der Waals surface area contributed by atoms with E-state index in [9.17, 15) is 0 Å². The van der Waals surface area contributed by atoms with E-state index in [0.717, 1.165) is 82.6 Å². The van der Waals surface area contributed by atoms with E-state index in [0.29, 0.717) is 17.8 Å². The summed E-state index contributed by atoms with van der Waals surface area (Å²) < 4.78 is 11.5. The van der Waals surface area contributed by atoms with Crippen LogP contribution in [-0.2, 0) is 0 Å². The number of allylic oxidation sites excluding steroid dienone is 4. The number of thiophene rings is 1. The highest BCUT2D eigenvalue weighted by molar-refractivity contribution is 7.25. The molecular formula is C59H41N3OS. The second-order valence-corrected chi connectivity index (χ2v) is 18.0. The van der Waals surface area contributed by atoms with Crippen LogP contribution in [0.4, 0.5) is 0 Å². The van der Waals surface area contributed by atoms with Crippen molar-refractivity contribution in [2.24, 2.45) is 11.8 Å². The number of rotatable bonds is 5. The first-order valence-electron chi connectivity index (χ1n) is 22.4. The van der Waals surface area contributed by atoms with Crippen molar-refractivity contribution >= 4 is 91.7 Å². The molecule has 4 nitrogen and oxygen atoms in total. The molecule has 0 saturated heterocycles. The third-order valence-corrected chi connectivity index (χ3v) is 14.4. The van der Waals surface area contributed by atoms with E-state index in [4.69, 9.17) is 14.4 Å². The zero-order chi connectivity index (χ0) is 42.5. The molecule has 2 unspecified atom stereocenters. The maximum Gasteiger partial charge on any atom is 0.235 e. The predicted octanol–water partition coefficient (Wildman–Crippen LogP) is 16.6. The molecule has 0 N–H and O–H groups in total. The highest BCUT2D eigenvalue weighted by atomic mass is 32.1. The van der Waals surface area contributed by atoms with Gasteiger partial charge >= 0.3 is 0 Å². The van der Waals surface area contributed by atoms with Crippen molar-refractivity contribution in [3.05, 3.63) is 194 Å². The summed E-state index contributed by atoms with van der Waals surface area (Å²) in [6.07, 6.45) is 8.28. The van der Waals surface area contributed by atoms with Gasteiger partial charge < -0.3 is 4.42 Å². The number of fused-ring (bicyclic) bond motifs is 11. The third kappa shape index (κ3) is 5.74. The van der Waals surface area contributed by atoms with Gasteiger partial charge in [-0.15, -0.1) is 11.3 Å². The topological polar surface area (TPSA) is 43.9 Å². The van der Waals surface area contributed by atoms with E-state index >= 15 is 0 Å². The Balaban J connectivity index is 0.00000204. The van der Waals surface area contributed by atoms with E-state index in [1.807, 2.05) is 31.3 Å². The first-order chi connectivity index (χ1) is 31.7. The average Bonchev–Trinajstić information content (AvgIpc) is 3.72. The Morgan fingerprint density at radius 1 is 0.531 bits per heavy atom. The van der Waals surface area contributed by atoms with E-state index in [1.54, 1.807) is 0 Å². The fourth-order valence-electron chi connectivity index (χ4n) is 10.1. The van der Waals surface area contributed by atoms with Gasteiger partial charge in [0.2, 0.25) is 5.95 Å². The van der Waals surface area contributed by atoms with E-state index in [2.05, 4.69) is 187 Å². The van der Waals surface area contributed by atoms with Crippen LogP contribution in [0.1, 0.15) is 26.0 Å². The maximum atomic E-state index is 6.56. The minimum atomic E-state index is 0.591. The van der Waals surface area contributed by atoms with E-state index in [1.165, 1.54) is 43.3 Å². The predicted molar refractivity (Wildman–Crippen MR) is 270 cm³/mol. The van der Waals surface area contributed by atoms with Crippen LogP contribution in [-0.4, -0.2) is 14.5 Å². The Hall–Kier alpha value is -7.60. The SMILES string of the molecule is C1=CC2CC2C=C1c1nc(-n2c3ccc(-c4cccc5c4oc4ccccc45)cc3c3cccc(-c4cccc(-c5ccc6c(c5)sc5ccccc56)c4)c32)nc2ccccc12.CC. The normalized spacial score (nSPS) is 15.6. The largest absolute Gasteiger partial charge is 0.455 e. The molecule has 4 aromatic heterocycles. The van der Waals surface area contributed by atoms with Crippen molar-refractivity contribution in [2.45, 2.75) is 20.3 Å². The number of aromatic nitrogens is 3. The Bertz CT molecular complexity index is 3940. The summed E-state index contributed by atoms with van der Waals surface area (Å²) >= 11 is 1.86. The first-order valence-corrected chi connectivity index (χ1v) is 23.2. The number of hydrogen-bond donors (Lipinski definition) is 0. The summed E-state index contributed by atoms with van der Waals surface area (Å²) in [5.41, 5.74) is 13.8. The zero-order valence-corrected chi connectivity index (χ0v) is 36.2. The molecule has 0 bridgehead atoms. The van der Waals surface area contributed by atoms with Gasteiger partial charge in [-0.2, -0.15) is 0 Å². The van der Waals surface area contributed by atoms with Gasteiger partial charge in [0.15, 0.2) is 0 Å². The van der Waals surface area contributed by atoms with Crippen molar-refractivity contribution in [3.8, 4) is 39.3 Å². The summed E-state index contributed by atoms with van der Waals surface area (Å²) in [5, 5.41) is 8.21. The molecule has 2 aliphatic carbocycles. The van der Waals surface area contributed by atoms with Crippen LogP contribution in [0, 0.1) is 11.8 Å². The molecule has 1 saturated carbocycles. The van der Waals surface area contributed by atoms with Crippen LogP contribution in [0.2, 0.25) is 0 Å². The second-order valence-electron chi connectivity index (χ2n) is 16.9. The van der Waals surface area contributed by atoms with E-state index < -0.39 is 0 Å². The molecule has 5 heteroatoms. The molecule has 12 aromatic rings. The number of furan rings is 1. The molecule has 2 atom stereocenters. The average molecular weight is 840 g/mol. The Kier molecular flexibility index (Phi) is 8.37. The summed E-state index contributed by atoms with van der Waals surface area (Å²) in [5.74, 6) is 1.92. The lowest BCUT2D eigenvalue weighted by Gasteiger charge is -2.15. The third-order valence-electron chi connectivity index (χ3n) is 13.3. The van der Waals surface area contributed by atoms with Crippen LogP contribution in [0.5, 0.6) is 0 Å². The van der Waals surface area contributed by atoms with Crippen molar-refractivity contribution in [1.29, 1.82) is 0 Å². The van der Waals surface area contributed by atoms with Crippen molar-refractivity contribution in [1.82, 2.24) is 14.5 Å². The quantitative estimate of drug-likeness (QED) is 0.173. The van der Waals surface area contributed by atoms with E-state index in [-0.39, 0.29) is 0 Å². The molecular weight excluding hydrogens is 799 g/mol. The highest BCUT2D eigenvalue weighted by Gasteiger charge is 2.35. The number of para-hydroxylation sites is 4. The van der Waals surface area contributed by atoms with Crippen LogP contribution >= 0.6 is 11.3 Å². The van der Waals surface area contributed by atoms with Gasteiger partial charge in [0, 0.05) is 58.2 Å². The van der Waals surface area contributed by atoms with Gasteiger partial charge in [-0.3, -0.25) is 4.57 Å². The van der Waals surface area contributed by atoms with Crippen LogP contribution in [0.25, 0.3) is 120 Å². The minimum absolute atomic E-state index is 0.591. The highest BCUT2D eigenvalue weighted by Crippen LogP contribution is 2.47. The van der Waals surface area contributed by atoms with Crippen LogP contribution < -0.4 is 0 Å². The van der Waals surface area contributed by atoms with Gasteiger partial charge in [0.1, 0.15) is 11.2 Å². The summed E-state index contributed by atoms with van der Waals surface area (Å²) in [7, 11) is 0. The van der Waals surface area contributed by atoms with Crippen LogP contribution in [0.3, 0.4) is 0 Å². The molecule has 4 heterocycles. The summed E-state index contributed by atoms with van der Waals surface area (Å²) in [6.45, 7) is 4.00. The molecule has 14 rings (SSSR count). The second kappa shape index (κ2) is 14.5. The molecule has 64 heavy (non-hydrogen) atoms. The number of benzene rings is 8. The molecule has 2 aliphatic rings. The smallest absolute Gasteiger partial charge is 0.235 e. The Morgan fingerprint density at radius 3 is 2.14 bits per heavy atom. The standard InChI is InChI=1S/C57H35N3OS.C2H6/c1-4-19-49-47(14-1)54(38-23-22-34-29-39(34)30-38)59-57(58-49)60-50-27-25-37(41-16-9-18-46-42-12-2-5-20-51(42)61-56(41)46)31-48(50)45-17-8-15-40(55(45)60)36-11-7-10-33(28-36)35-24-26-44-43-13-3-6-21-52(43)62-53(44)32-35;1-2/h1-28,30-32,34,39H,29H2;1-2H3. The number of nitrogens with zero attached hydrogens (tertiary/aromatic N) is 3. The van der Waals surface area contributed by atoms with Gasteiger partial charge in [-0.05, 0) is 88.5 Å². The Morgan fingerprint density at radius 2 is 1.23 bits per heavy atom. The Labute approximate surface area is 374 Å². The lowest BCUT2D eigenvalue weighted by atomic mass is 9.96. The minimum Gasteiger partial charge on any atom is -0.455 e. The lowest BCUT2D eigenvalue weighted by Crippen LogP contribution is -2.06. The fourth-order valence-corrected chi connectivity index (χ4v) is 11.3. The lowest BCUT2D eigenvalue weighted by molar-refractivity contribution is 0.670. The van der Waals surface area contributed by atoms with Gasteiger partial charge in [-0.25, -0.2) is 9.97 Å². The molecule has 8 aromatic carbocycles. The maximum absolute atomic E-state index is 6.56. The molecule has 0 spiro atoms. The molecule has 1 fully saturated rings. The summed E-state index contributed by atoms with van der Waals surface area (Å²) in [6, 6.07) is 61.3.